The number of aryl methyl sites for hydroxylation is 2. The summed E-state index contributed by atoms with van der Waals surface area (Å²) in [7, 11) is 5.14. The normalized spacial score (nSPS) is 21.4. The van der Waals surface area contributed by atoms with Gasteiger partial charge in [-0.25, -0.2) is 9.97 Å². The van der Waals surface area contributed by atoms with Gasteiger partial charge in [-0.2, -0.15) is 0 Å². The molecule has 0 spiro atoms. The topological polar surface area (TPSA) is 97.8 Å². The maximum Gasteiger partial charge on any atom is 0.220 e. The van der Waals surface area contributed by atoms with Crippen molar-refractivity contribution in [1.29, 1.82) is 0 Å². The van der Waals surface area contributed by atoms with Crippen molar-refractivity contribution in [1.82, 2.24) is 25.5 Å². The van der Waals surface area contributed by atoms with Crippen LogP contribution in [0, 0.1) is 0 Å². The number of pyridine rings is 2. The predicted octanol–water partition coefficient (Wildman–Crippen LogP) is 7.37. The second kappa shape index (κ2) is 14.4. The second-order valence-corrected chi connectivity index (χ2v) is 14.8. The molecule has 1 amide bonds. The number of ether oxygens (including phenoxy) is 3. The van der Waals surface area contributed by atoms with Gasteiger partial charge in [0.2, 0.25) is 17.7 Å². The SMILES string of the molecule is COc1nc(-c2cccc(-c3cccc(-c4cc5c(c(OC)n4)[C@@H](N4CC(OC)C4)CC5)c3Cl)c2Cl)cc2c1[C@@H](NCC[C@@H]1CCC(=O)N1)CC2. The summed E-state index contributed by atoms with van der Waals surface area (Å²) in [5.74, 6) is 1.42. The Kier molecular flexibility index (Phi) is 9.67. The van der Waals surface area contributed by atoms with Crippen LogP contribution in [0.1, 0.15) is 66.4 Å². The van der Waals surface area contributed by atoms with E-state index in [0.717, 1.165) is 97.4 Å². The monoisotopic (exact) mass is 727 g/mol. The molecule has 2 aliphatic heterocycles. The van der Waals surface area contributed by atoms with Crippen LogP contribution >= 0.6 is 23.2 Å². The van der Waals surface area contributed by atoms with Gasteiger partial charge in [0.05, 0.1) is 41.8 Å². The fourth-order valence-electron chi connectivity index (χ4n) is 8.42. The molecule has 0 bridgehead atoms. The number of hydrogen-bond acceptors (Lipinski definition) is 8. The van der Waals surface area contributed by atoms with E-state index in [1.807, 2.05) is 36.4 Å². The zero-order valence-corrected chi connectivity index (χ0v) is 30.7. The largest absolute Gasteiger partial charge is 0.481 e. The first kappa shape index (κ1) is 34.4. The van der Waals surface area contributed by atoms with Gasteiger partial charge in [-0.05, 0) is 68.3 Å². The number of halogens is 2. The van der Waals surface area contributed by atoms with Gasteiger partial charge in [0, 0.05) is 78.1 Å². The molecule has 4 aromatic rings. The minimum atomic E-state index is 0.146. The molecule has 0 saturated carbocycles. The number of rotatable bonds is 11. The average molecular weight is 729 g/mol. The molecule has 2 N–H and O–H groups in total. The first-order valence-electron chi connectivity index (χ1n) is 17.9. The fourth-order valence-corrected chi connectivity index (χ4v) is 9.07. The first-order valence-corrected chi connectivity index (χ1v) is 18.7. The predicted molar refractivity (Wildman–Crippen MR) is 200 cm³/mol. The number of likely N-dealkylation sites (tertiary alicyclic amines) is 1. The molecule has 3 atom stereocenters. The molecule has 9 nitrogen and oxygen atoms in total. The maximum atomic E-state index is 11.6. The summed E-state index contributed by atoms with van der Waals surface area (Å²) in [6.07, 6.45) is 6.58. The van der Waals surface area contributed by atoms with E-state index in [4.69, 9.17) is 47.4 Å². The molecule has 266 valence electrons. The highest BCUT2D eigenvalue weighted by Crippen LogP contribution is 2.47. The van der Waals surface area contributed by atoms with E-state index < -0.39 is 0 Å². The lowest BCUT2D eigenvalue weighted by molar-refractivity contribution is -0.119. The Hall–Kier alpha value is -3.73. The van der Waals surface area contributed by atoms with Gasteiger partial charge >= 0.3 is 0 Å². The van der Waals surface area contributed by atoms with Gasteiger partial charge in [0.1, 0.15) is 0 Å². The molecule has 8 rings (SSSR count). The van der Waals surface area contributed by atoms with Crippen molar-refractivity contribution in [3.8, 4) is 45.4 Å². The number of nitrogens with one attached hydrogen (secondary N) is 2. The number of methoxy groups -OCH3 is 3. The van der Waals surface area contributed by atoms with Crippen LogP contribution in [-0.2, 0) is 22.4 Å². The van der Waals surface area contributed by atoms with E-state index in [2.05, 4.69) is 27.7 Å². The van der Waals surface area contributed by atoms with Crippen molar-refractivity contribution in [3.63, 3.8) is 0 Å². The third-order valence-corrected chi connectivity index (χ3v) is 11.9. The Morgan fingerprint density at radius 1 is 0.804 bits per heavy atom. The second-order valence-electron chi connectivity index (χ2n) is 14.0. The molecule has 4 aliphatic rings. The number of aromatic nitrogens is 2. The molecule has 2 fully saturated rings. The lowest BCUT2D eigenvalue weighted by Crippen LogP contribution is -2.52. The van der Waals surface area contributed by atoms with Gasteiger partial charge in [-0.3, -0.25) is 9.69 Å². The number of benzene rings is 2. The maximum absolute atomic E-state index is 11.6. The van der Waals surface area contributed by atoms with Gasteiger partial charge in [-0.15, -0.1) is 0 Å². The van der Waals surface area contributed by atoms with Crippen LogP contribution in [0.4, 0.5) is 0 Å². The molecule has 51 heavy (non-hydrogen) atoms. The van der Waals surface area contributed by atoms with Crippen LogP contribution in [0.25, 0.3) is 33.6 Å². The van der Waals surface area contributed by atoms with Crippen molar-refractivity contribution in [2.75, 3.05) is 41.0 Å². The summed E-state index contributed by atoms with van der Waals surface area (Å²) in [6.45, 7) is 2.66. The molecule has 2 saturated heterocycles. The van der Waals surface area contributed by atoms with E-state index in [0.29, 0.717) is 34.3 Å². The standard InChI is InChI=1S/C40H43Cl2N5O4/c1-49-25-20-47(21-25)33-14-11-23-19-32(46-40(51-3)36(23)33)29-9-5-7-27(38(29)42)26-6-4-8-28(37(26)41)31-18-22-10-13-30(35(22)39(45-31)50-2)43-17-16-24-12-15-34(48)44-24/h4-9,18-19,24-25,30,33,43H,10-17,20-21H2,1-3H3,(H,44,48)/t24-,30-,33-/m0/s1. The van der Waals surface area contributed by atoms with Crippen LogP contribution in [0.3, 0.4) is 0 Å². The molecule has 2 aromatic heterocycles. The minimum absolute atomic E-state index is 0.146. The van der Waals surface area contributed by atoms with Crippen LogP contribution in [-0.4, -0.2) is 73.9 Å². The van der Waals surface area contributed by atoms with Gasteiger partial charge in [0.15, 0.2) is 0 Å². The van der Waals surface area contributed by atoms with E-state index in [1.165, 1.54) is 16.7 Å². The number of hydrogen-bond donors (Lipinski definition) is 2. The molecular weight excluding hydrogens is 685 g/mol. The Morgan fingerprint density at radius 2 is 1.39 bits per heavy atom. The van der Waals surface area contributed by atoms with Crippen LogP contribution in [0.5, 0.6) is 11.8 Å². The number of amides is 1. The van der Waals surface area contributed by atoms with Crippen LogP contribution in [0.15, 0.2) is 48.5 Å². The third kappa shape index (κ3) is 6.37. The van der Waals surface area contributed by atoms with E-state index in [1.54, 1.807) is 21.3 Å². The van der Waals surface area contributed by atoms with E-state index >= 15 is 0 Å². The van der Waals surface area contributed by atoms with E-state index in [-0.39, 0.29) is 24.0 Å². The van der Waals surface area contributed by atoms with Gasteiger partial charge in [0.25, 0.3) is 0 Å². The molecule has 0 unspecified atom stereocenters. The zero-order chi connectivity index (χ0) is 35.2. The molecule has 11 heteroatoms. The lowest BCUT2D eigenvalue weighted by atomic mass is 9.96. The summed E-state index contributed by atoms with van der Waals surface area (Å²) >= 11 is 14.5. The Balaban J connectivity index is 1.07. The third-order valence-electron chi connectivity index (χ3n) is 11.1. The number of nitrogens with zero attached hydrogens (tertiary/aromatic N) is 3. The number of carbonyl (C=O) groups excluding carboxylic acids is 1. The van der Waals surface area contributed by atoms with Crippen molar-refractivity contribution >= 4 is 29.1 Å². The van der Waals surface area contributed by atoms with E-state index in [9.17, 15) is 4.79 Å². The van der Waals surface area contributed by atoms with Crippen molar-refractivity contribution in [2.24, 2.45) is 0 Å². The van der Waals surface area contributed by atoms with Gasteiger partial charge < -0.3 is 24.8 Å². The summed E-state index contributed by atoms with van der Waals surface area (Å²) in [6, 6.07) is 17.0. The molecule has 0 radical (unpaired) electrons. The van der Waals surface area contributed by atoms with Crippen LogP contribution in [0.2, 0.25) is 10.0 Å². The molecular formula is C40H43Cl2N5O4. The fraction of sp³-hybridized carbons (Fsp3) is 0.425. The zero-order valence-electron chi connectivity index (χ0n) is 29.2. The Labute approximate surface area is 309 Å². The smallest absolute Gasteiger partial charge is 0.220 e. The highest BCUT2D eigenvalue weighted by molar-refractivity contribution is 6.39. The summed E-state index contributed by atoms with van der Waals surface area (Å²) in [5.41, 5.74) is 9.57. The van der Waals surface area contributed by atoms with Crippen molar-refractivity contribution < 1.29 is 19.0 Å². The highest BCUT2D eigenvalue weighted by atomic mass is 35.5. The molecule has 4 heterocycles. The summed E-state index contributed by atoms with van der Waals surface area (Å²) in [4.78, 5) is 24.0. The first-order chi connectivity index (χ1) is 24.9. The minimum Gasteiger partial charge on any atom is -0.481 e. The Morgan fingerprint density at radius 3 is 1.98 bits per heavy atom. The molecule has 2 aromatic carbocycles. The Bertz CT molecular complexity index is 1980. The lowest BCUT2D eigenvalue weighted by Gasteiger charge is -2.42. The summed E-state index contributed by atoms with van der Waals surface area (Å²) < 4.78 is 17.3. The summed E-state index contributed by atoms with van der Waals surface area (Å²) in [5, 5.41) is 7.90. The van der Waals surface area contributed by atoms with Crippen molar-refractivity contribution in [3.05, 3.63) is 80.8 Å². The van der Waals surface area contributed by atoms with Crippen molar-refractivity contribution in [2.45, 2.75) is 69.2 Å². The number of fused-ring (bicyclic) bond motifs is 2. The average Bonchev–Trinajstić information content (AvgIpc) is 3.86. The highest BCUT2D eigenvalue weighted by Gasteiger charge is 2.39. The number of carbonyl (C=O) groups is 1. The van der Waals surface area contributed by atoms with Crippen LogP contribution < -0.4 is 20.1 Å². The quantitative estimate of drug-likeness (QED) is 0.165. The molecule has 2 aliphatic carbocycles. The van der Waals surface area contributed by atoms with Gasteiger partial charge in [-0.1, -0.05) is 59.6 Å².